The molecule has 2 aromatic carbocycles. The lowest BCUT2D eigenvalue weighted by Gasteiger charge is -2.22. The fraction of sp³-hybridized carbons (Fsp3) is 0.440. The van der Waals surface area contributed by atoms with E-state index in [0.717, 1.165) is 0 Å². The van der Waals surface area contributed by atoms with Gasteiger partial charge in [-0.05, 0) is 65.7 Å². The molecule has 9 heteroatoms. The number of nitrogens with one attached hydrogen (secondary N) is 2. The van der Waals surface area contributed by atoms with Crippen molar-refractivity contribution in [2.45, 2.75) is 70.0 Å². The maximum absolute atomic E-state index is 12.8. The first-order valence-electron chi connectivity index (χ1n) is 11.0. The predicted molar refractivity (Wildman–Crippen MR) is 134 cm³/mol. The zero-order valence-corrected chi connectivity index (χ0v) is 21.3. The van der Waals surface area contributed by atoms with Gasteiger partial charge in [0.15, 0.2) is 0 Å². The zero-order valence-electron chi connectivity index (χ0n) is 20.5. The van der Waals surface area contributed by atoms with Crippen LogP contribution in [0.1, 0.15) is 67.8 Å². The van der Waals surface area contributed by atoms with Gasteiger partial charge in [0.05, 0.1) is 16.6 Å². The van der Waals surface area contributed by atoms with Gasteiger partial charge in [-0.2, -0.15) is 0 Å². The van der Waals surface area contributed by atoms with Crippen molar-refractivity contribution in [3.05, 3.63) is 69.3 Å². The van der Waals surface area contributed by atoms with Crippen LogP contribution in [-0.4, -0.2) is 44.8 Å². The van der Waals surface area contributed by atoms with Crippen LogP contribution < -0.4 is 10.6 Å². The number of carbonyl (C=O) groups excluding carboxylic acids is 2. The second kappa shape index (κ2) is 11.0. The number of hydrogen-bond donors (Lipinski definition) is 3. The van der Waals surface area contributed by atoms with E-state index < -0.39 is 28.0 Å². The Morgan fingerprint density at radius 3 is 2.09 bits per heavy atom. The van der Waals surface area contributed by atoms with Gasteiger partial charge in [-0.1, -0.05) is 18.2 Å². The van der Waals surface area contributed by atoms with E-state index in [1.807, 2.05) is 47.6 Å². The van der Waals surface area contributed by atoms with Crippen LogP contribution in [0.15, 0.2) is 47.4 Å². The van der Waals surface area contributed by atoms with Crippen LogP contribution >= 0.6 is 11.8 Å². The Balaban J connectivity index is 2.18. The minimum Gasteiger partial charge on any atom is -0.392 e. The van der Waals surface area contributed by atoms with Crippen molar-refractivity contribution >= 4 is 29.3 Å². The molecule has 0 aliphatic heterocycles. The van der Waals surface area contributed by atoms with Gasteiger partial charge in [0.1, 0.15) is 0 Å². The Bertz CT molecular complexity index is 1060. The molecule has 0 saturated heterocycles. The van der Waals surface area contributed by atoms with Crippen molar-refractivity contribution in [3.8, 4) is 0 Å². The minimum absolute atomic E-state index is 0.178. The summed E-state index contributed by atoms with van der Waals surface area (Å²) in [5.41, 5.74) is 0.321. The quantitative estimate of drug-likeness (QED) is 0.289. The van der Waals surface area contributed by atoms with E-state index in [0.29, 0.717) is 16.0 Å². The van der Waals surface area contributed by atoms with E-state index in [2.05, 4.69) is 10.6 Å². The standard InChI is InChI=1S/C25H33N3O5S/c1-24(2,3)26-22(30)19-10-8-7-9-16(19)13-18(29)15-34-21-12-11-17(28(32)33)14-20(21)23(31)27-25(4,5)6/h7-12,14,18,29H,13,15H2,1-6H3,(H,26,30)(H,27,31). The second-order valence-corrected chi connectivity index (χ2v) is 11.2. The number of benzene rings is 2. The Kier molecular flexibility index (Phi) is 8.85. The molecule has 3 N–H and O–H groups in total. The van der Waals surface area contributed by atoms with Crippen LogP contribution in [0.2, 0.25) is 0 Å². The lowest BCUT2D eigenvalue weighted by Crippen LogP contribution is -2.41. The average Bonchev–Trinajstić information content (AvgIpc) is 2.69. The Morgan fingerprint density at radius 2 is 1.53 bits per heavy atom. The summed E-state index contributed by atoms with van der Waals surface area (Å²) in [6.07, 6.45) is -0.556. The highest BCUT2D eigenvalue weighted by Gasteiger charge is 2.23. The van der Waals surface area contributed by atoms with Gasteiger partial charge >= 0.3 is 0 Å². The van der Waals surface area contributed by atoms with Crippen molar-refractivity contribution in [3.63, 3.8) is 0 Å². The fourth-order valence-electron chi connectivity index (χ4n) is 3.17. The molecule has 2 aromatic rings. The van der Waals surface area contributed by atoms with Gasteiger partial charge in [-0.3, -0.25) is 19.7 Å². The van der Waals surface area contributed by atoms with Gasteiger partial charge in [0.2, 0.25) is 0 Å². The number of nitrogens with zero attached hydrogens (tertiary/aromatic N) is 1. The van der Waals surface area contributed by atoms with Crippen LogP contribution in [0.25, 0.3) is 0 Å². The molecule has 1 atom stereocenters. The normalized spacial score (nSPS) is 12.7. The molecule has 34 heavy (non-hydrogen) atoms. The highest BCUT2D eigenvalue weighted by molar-refractivity contribution is 7.99. The molecule has 8 nitrogen and oxygen atoms in total. The third-order valence-electron chi connectivity index (χ3n) is 4.54. The number of nitro groups is 1. The molecule has 184 valence electrons. The smallest absolute Gasteiger partial charge is 0.270 e. The molecule has 0 fully saturated rings. The molecule has 0 saturated carbocycles. The average molecular weight is 488 g/mol. The van der Waals surface area contributed by atoms with Crippen LogP contribution in [0.4, 0.5) is 5.69 Å². The van der Waals surface area contributed by atoms with E-state index in [1.165, 1.54) is 30.0 Å². The summed E-state index contributed by atoms with van der Waals surface area (Å²) in [6, 6.07) is 11.2. The first kappa shape index (κ1) is 27.3. The molecule has 1 unspecified atom stereocenters. The topological polar surface area (TPSA) is 122 Å². The molecule has 0 aliphatic carbocycles. The summed E-state index contributed by atoms with van der Waals surface area (Å²) < 4.78 is 0. The van der Waals surface area contributed by atoms with Crippen LogP contribution in [0.3, 0.4) is 0 Å². The van der Waals surface area contributed by atoms with Crippen molar-refractivity contribution in [2.75, 3.05) is 5.75 Å². The molecular formula is C25H33N3O5S. The van der Waals surface area contributed by atoms with Crippen molar-refractivity contribution in [1.82, 2.24) is 10.6 Å². The largest absolute Gasteiger partial charge is 0.392 e. The van der Waals surface area contributed by atoms with Crippen LogP contribution in [0, 0.1) is 10.1 Å². The Labute approximate surface area is 204 Å². The van der Waals surface area contributed by atoms with Crippen LogP contribution in [0.5, 0.6) is 0 Å². The van der Waals surface area contributed by atoms with Gasteiger partial charge in [0, 0.05) is 39.4 Å². The second-order valence-electron chi connectivity index (χ2n) is 10.2. The van der Waals surface area contributed by atoms with Crippen molar-refractivity contribution in [2.24, 2.45) is 0 Å². The highest BCUT2D eigenvalue weighted by Crippen LogP contribution is 2.28. The molecule has 0 bridgehead atoms. The lowest BCUT2D eigenvalue weighted by atomic mass is 10.00. The number of hydrogen-bond acceptors (Lipinski definition) is 6. The van der Waals surface area contributed by atoms with E-state index in [-0.39, 0.29) is 29.3 Å². The summed E-state index contributed by atoms with van der Waals surface area (Å²) in [4.78, 5) is 36.6. The third-order valence-corrected chi connectivity index (χ3v) is 5.76. The molecule has 0 spiro atoms. The summed E-state index contributed by atoms with van der Waals surface area (Å²) >= 11 is 1.24. The number of aliphatic hydroxyl groups is 1. The molecule has 0 aliphatic rings. The minimum atomic E-state index is -0.803. The first-order valence-corrected chi connectivity index (χ1v) is 12.0. The molecule has 0 aromatic heterocycles. The Hall–Kier alpha value is -2.91. The van der Waals surface area contributed by atoms with Crippen molar-refractivity contribution in [1.29, 1.82) is 0 Å². The van der Waals surface area contributed by atoms with Gasteiger partial charge in [0.25, 0.3) is 17.5 Å². The molecule has 0 radical (unpaired) electrons. The van der Waals surface area contributed by atoms with Crippen molar-refractivity contribution < 1.29 is 19.6 Å². The number of amides is 2. The summed E-state index contributed by atoms with van der Waals surface area (Å²) in [6.45, 7) is 11.2. The van der Waals surface area contributed by atoms with E-state index in [4.69, 9.17) is 0 Å². The number of carbonyl (C=O) groups is 2. The SMILES string of the molecule is CC(C)(C)NC(=O)c1ccccc1CC(O)CSc1ccc([N+](=O)[O-])cc1C(=O)NC(C)(C)C. The lowest BCUT2D eigenvalue weighted by molar-refractivity contribution is -0.384. The maximum atomic E-state index is 12.8. The summed E-state index contributed by atoms with van der Waals surface area (Å²) in [5.74, 6) is -0.389. The first-order chi connectivity index (χ1) is 15.7. The van der Waals surface area contributed by atoms with E-state index in [1.54, 1.807) is 18.2 Å². The number of nitro benzene ring substituents is 1. The number of thioether (sulfide) groups is 1. The molecule has 2 rings (SSSR count). The molecule has 2 amide bonds. The number of non-ortho nitro benzene ring substituents is 1. The summed E-state index contributed by atoms with van der Waals surface area (Å²) in [7, 11) is 0. The third kappa shape index (κ3) is 8.46. The van der Waals surface area contributed by atoms with Gasteiger partial charge < -0.3 is 15.7 Å². The Morgan fingerprint density at radius 1 is 0.971 bits per heavy atom. The van der Waals surface area contributed by atoms with Gasteiger partial charge in [-0.25, -0.2) is 0 Å². The number of aliphatic hydroxyl groups excluding tert-OH is 1. The van der Waals surface area contributed by atoms with E-state index in [9.17, 15) is 24.8 Å². The van der Waals surface area contributed by atoms with Crippen LogP contribution in [-0.2, 0) is 6.42 Å². The fourth-order valence-corrected chi connectivity index (χ4v) is 4.13. The van der Waals surface area contributed by atoms with Gasteiger partial charge in [-0.15, -0.1) is 11.8 Å². The molecule has 0 heterocycles. The zero-order chi connectivity index (χ0) is 25.7. The monoisotopic (exact) mass is 487 g/mol. The summed E-state index contributed by atoms with van der Waals surface area (Å²) in [5, 5.41) is 27.7. The predicted octanol–water partition coefficient (Wildman–Crippen LogP) is 4.35. The highest BCUT2D eigenvalue weighted by atomic mass is 32.2. The van der Waals surface area contributed by atoms with E-state index >= 15 is 0 Å². The molecular weight excluding hydrogens is 454 g/mol. The number of rotatable bonds is 8. The maximum Gasteiger partial charge on any atom is 0.270 e.